The number of piperidine rings is 1. The van der Waals surface area contributed by atoms with Crippen LogP contribution < -0.4 is 21.3 Å². The molecular weight excluding hydrogens is 671 g/mol. The quantitative estimate of drug-likeness (QED) is 0.158. The van der Waals surface area contributed by atoms with E-state index in [0.29, 0.717) is 31.7 Å². The van der Waals surface area contributed by atoms with Crippen molar-refractivity contribution in [2.24, 2.45) is 28.6 Å². The number of amides is 5. The fraction of sp³-hybridized carbons (Fsp3) is 0.711. The average molecular weight is 728 g/mol. The van der Waals surface area contributed by atoms with Crippen LogP contribution in [-0.2, 0) is 35.7 Å². The number of terminal acetylenes is 1. The van der Waals surface area contributed by atoms with E-state index >= 15 is 0 Å². The van der Waals surface area contributed by atoms with E-state index in [-0.39, 0.29) is 47.5 Å². The molecule has 13 heteroatoms. The summed E-state index contributed by atoms with van der Waals surface area (Å²) < 4.78 is 18.6. The molecule has 1 aromatic rings. The second-order valence-corrected chi connectivity index (χ2v) is 18.2. The zero-order chi connectivity index (χ0) is 37.7. The van der Waals surface area contributed by atoms with Gasteiger partial charge in [-0.3, -0.25) is 23.4 Å². The molecule has 0 radical (unpaired) electrons. The summed E-state index contributed by atoms with van der Waals surface area (Å²) in [5.74, 6) is 1.12. The lowest BCUT2D eigenvalue weighted by molar-refractivity contribution is -0.145. The van der Waals surface area contributed by atoms with Gasteiger partial charge >= 0.3 is 6.03 Å². The van der Waals surface area contributed by atoms with E-state index in [2.05, 4.69) is 41.0 Å². The highest BCUT2D eigenvalue weighted by molar-refractivity contribution is 7.84. The first-order valence-corrected chi connectivity index (χ1v) is 19.7. The summed E-state index contributed by atoms with van der Waals surface area (Å²) in [7, 11) is -1.29. The molecule has 2 heterocycles. The van der Waals surface area contributed by atoms with Gasteiger partial charge in [-0.2, -0.15) is 0 Å². The smallest absolute Gasteiger partial charge is 0.315 e. The van der Waals surface area contributed by atoms with Gasteiger partial charge < -0.3 is 30.6 Å². The zero-order valence-electron chi connectivity index (χ0n) is 31.3. The van der Waals surface area contributed by atoms with E-state index in [1.54, 1.807) is 18.4 Å². The molecule has 1 aliphatic heterocycles. The van der Waals surface area contributed by atoms with Crippen molar-refractivity contribution in [1.82, 2.24) is 26.2 Å². The van der Waals surface area contributed by atoms with Gasteiger partial charge in [-0.25, -0.2) is 4.79 Å². The molecule has 12 nitrogen and oxygen atoms in total. The molecule has 5 amide bonds. The van der Waals surface area contributed by atoms with E-state index in [4.69, 9.17) is 10.8 Å². The topological polar surface area (TPSA) is 167 Å². The number of Topliss-reactive ketones (excluding diaryl/α,β-unsaturated/α-hetero) is 1. The summed E-state index contributed by atoms with van der Waals surface area (Å²) >= 11 is 0. The third-order valence-electron chi connectivity index (χ3n) is 10.8. The number of hydrogen-bond acceptors (Lipinski definition) is 7. The number of urea groups is 1. The monoisotopic (exact) mass is 727 g/mol. The largest absolute Gasteiger partial charge is 0.468 e. The van der Waals surface area contributed by atoms with E-state index in [1.807, 2.05) is 34.6 Å². The molecule has 0 spiro atoms. The van der Waals surface area contributed by atoms with Gasteiger partial charge in [0.15, 0.2) is 0 Å². The van der Waals surface area contributed by atoms with Crippen molar-refractivity contribution in [3.63, 3.8) is 0 Å². The number of nitrogens with zero attached hydrogens (tertiary/aromatic N) is 1. The Hall–Kier alpha value is -3.66. The van der Waals surface area contributed by atoms with Crippen molar-refractivity contribution in [3.05, 3.63) is 24.2 Å². The molecule has 4 unspecified atom stereocenters. The normalized spacial score (nSPS) is 23.6. The first-order chi connectivity index (χ1) is 23.9. The van der Waals surface area contributed by atoms with Crippen LogP contribution in [0, 0.1) is 40.9 Å². The van der Waals surface area contributed by atoms with Gasteiger partial charge in [0.2, 0.25) is 17.6 Å². The first-order valence-electron chi connectivity index (χ1n) is 18.2. The number of fused-ring (bicyclic) bond motifs is 1. The molecule has 6 atom stereocenters. The standard InChI is InChI=1S/C38H57N5O7S/c1-9-10-16-27(30(44)33(46)39-20-24(2)3)40-32(45)29-28-26(37(28,7)8)21-43(29)34(47)31(36(4,5)6)41-35(48)42-38(17-12-11-13-18-38)23-51(49)22-25-15-14-19-50-25/h1,14-15,19,24,26-29,31H,10-13,16-18,20-23H2,2-8H3,(H,39,46)(H,40,45)(H2,41,42,48)/t26?,27?,28?,29-,31+,51?/m0/s1. The van der Waals surface area contributed by atoms with Crippen molar-refractivity contribution in [2.75, 3.05) is 18.8 Å². The van der Waals surface area contributed by atoms with Crippen LogP contribution in [0.2, 0.25) is 0 Å². The van der Waals surface area contributed by atoms with Crippen molar-refractivity contribution >= 4 is 40.3 Å². The molecule has 2 aliphatic carbocycles. The Labute approximate surface area is 305 Å². The summed E-state index contributed by atoms with van der Waals surface area (Å²) in [6, 6.07) is -0.0439. The Balaban J connectivity index is 1.51. The highest BCUT2D eigenvalue weighted by Gasteiger charge is 2.70. The Morgan fingerprint density at radius 2 is 1.78 bits per heavy atom. The summed E-state index contributed by atoms with van der Waals surface area (Å²) in [6.07, 6.45) is 11.4. The summed E-state index contributed by atoms with van der Waals surface area (Å²) in [5.41, 5.74) is -1.65. The van der Waals surface area contributed by atoms with Gasteiger partial charge in [0.1, 0.15) is 17.8 Å². The highest BCUT2D eigenvalue weighted by Crippen LogP contribution is 2.65. The van der Waals surface area contributed by atoms with Gasteiger partial charge in [0.25, 0.3) is 5.91 Å². The number of hydrogen-bond donors (Lipinski definition) is 4. The maximum Gasteiger partial charge on any atom is 0.315 e. The summed E-state index contributed by atoms with van der Waals surface area (Å²) in [4.78, 5) is 69.8. The molecular formula is C38H57N5O7S. The molecule has 0 bridgehead atoms. The van der Waals surface area contributed by atoms with Crippen molar-refractivity contribution in [3.8, 4) is 12.3 Å². The molecule has 1 aromatic heterocycles. The predicted molar refractivity (Wildman–Crippen MR) is 195 cm³/mol. The number of nitrogens with one attached hydrogen (secondary N) is 4. The van der Waals surface area contributed by atoms with E-state index in [9.17, 15) is 28.2 Å². The Morgan fingerprint density at radius 3 is 2.37 bits per heavy atom. The van der Waals surface area contributed by atoms with Crippen LogP contribution in [0.5, 0.6) is 0 Å². The maximum atomic E-state index is 14.5. The lowest BCUT2D eigenvalue weighted by atomic mass is 9.83. The molecule has 3 fully saturated rings. The van der Waals surface area contributed by atoms with Gasteiger partial charge in [-0.15, -0.1) is 12.3 Å². The first kappa shape index (κ1) is 40.1. The molecule has 4 rings (SSSR count). The van der Waals surface area contributed by atoms with Crippen molar-refractivity contribution in [1.29, 1.82) is 0 Å². The SMILES string of the molecule is C#CCCC(NC(=O)[C@@H]1C2C(CN1C(=O)[C@@H](NC(=O)NC1(CS(=O)Cc3ccco3)CCCCC1)C(C)(C)C)C2(C)C)C(=O)C(=O)NCC(C)C. The molecule has 0 aromatic carbocycles. The van der Waals surface area contributed by atoms with Crippen molar-refractivity contribution < 1.29 is 32.6 Å². The third kappa shape index (κ3) is 9.82. The second kappa shape index (κ2) is 16.3. The van der Waals surface area contributed by atoms with Gasteiger partial charge in [0.05, 0.1) is 23.6 Å². The van der Waals surface area contributed by atoms with E-state index in [0.717, 1.165) is 19.3 Å². The number of furan rings is 1. The number of carbonyl (C=O) groups excluding carboxylic acids is 5. The van der Waals surface area contributed by atoms with Gasteiger partial charge in [-0.1, -0.05) is 67.7 Å². The minimum atomic E-state index is -1.29. The predicted octanol–water partition coefficient (Wildman–Crippen LogP) is 3.67. The maximum absolute atomic E-state index is 14.5. The highest BCUT2D eigenvalue weighted by atomic mass is 32.2. The van der Waals surface area contributed by atoms with Crippen molar-refractivity contribution in [2.45, 2.75) is 123 Å². The van der Waals surface area contributed by atoms with Crippen LogP contribution in [0.15, 0.2) is 22.8 Å². The molecule has 282 valence electrons. The Morgan fingerprint density at radius 1 is 1.10 bits per heavy atom. The van der Waals surface area contributed by atoms with Gasteiger partial charge in [0, 0.05) is 36.1 Å². The fourth-order valence-corrected chi connectivity index (χ4v) is 9.34. The number of ketones is 1. The lowest BCUT2D eigenvalue weighted by Gasteiger charge is -2.40. The molecule has 4 N–H and O–H groups in total. The molecule has 3 aliphatic rings. The number of rotatable bonds is 15. The Bertz CT molecular complexity index is 1500. The van der Waals surface area contributed by atoms with Crippen LogP contribution in [-0.4, -0.2) is 81.2 Å². The zero-order valence-corrected chi connectivity index (χ0v) is 32.1. The summed E-state index contributed by atoms with van der Waals surface area (Å²) in [6.45, 7) is 14.1. The van der Waals surface area contributed by atoms with Crippen LogP contribution in [0.25, 0.3) is 0 Å². The number of likely N-dealkylation sites (tertiary alicyclic amines) is 1. The van der Waals surface area contributed by atoms with Gasteiger partial charge in [-0.05, 0) is 60.0 Å². The Kier molecular flexibility index (Phi) is 12.9. The van der Waals surface area contributed by atoms with E-state index < -0.39 is 69.4 Å². The lowest BCUT2D eigenvalue weighted by Crippen LogP contribution is -2.63. The van der Waals surface area contributed by atoms with Crippen LogP contribution in [0.1, 0.15) is 99.2 Å². The molecule has 51 heavy (non-hydrogen) atoms. The van der Waals surface area contributed by atoms with Crippen LogP contribution in [0.3, 0.4) is 0 Å². The van der Waals surface area contributed by atoms with E-state index in [1.165, 1.54) is 4.90 Å². The van der Waals surface area contributed by atoms with Crippen LogP contribution >= 0.6 is 0 Å². The minimum absolute atomic E-state index is 0.0514. The average Bonchev–Trinajstić information content (AvgIpc) is 3.46. The summed E-state index contributed by atoms with van der Waals surface area (Å²) in [5, 5.41) is 11.5. The third-order valence-corrected chi connectivity index (χ3v) is 12.2. The second-order valence-electron chi connectivity index (χ2n) is 16.7. The molecule has 2 saturated carbocycles. The molecule has 1 saturated heterocycles. The van der Waals surface area contributed by atoms with Crippen LogP contribution in [0.4, 0.5) is 4.79 Å². The minimum Gasteiger partial charge on any atom is -0.468 e. The fourth-order valence-electron chi connectivity index (χ4n) is 7.78. The number of carbonyl (C=O) groups is 5.